The van der Waals surface area contributed by atoms with Crippen molar-refractivity contribution >= 4 is 0 Å². The molecule has 1 saturated carbocycles. The first-order valence-electron chi connectivity index (χ1n) is 6.70. The summed E-state index contributed by atoms with van der Waals surface area (Å²) < 4.78 is 2.40. The number of imidazole rings is 1. The lowest BCUT2D eigenvalue weighted by molar-refractivity contribution is 0.439. The van der Waals surface area contributed by atoms with Gasteiger partial charge in [-0.05, 0) is 32.1 Å². The van der Waals surface area contributed by atoms with Gasteiger partial charge in [-0.2, -0.15) is 0 Å². The quantitative estimate of drug-likeness (QED) is 0.704. The van der Waals surface area contributed by atoms with Gasteiger partial charge in [-0.1, -0.05) is 26.7 Å². The first-order valence-corrected chi connectivity index (χ1v) is 6.70. The molecule has 2 nitrogen and oxygen atoms in total. The van der Waals surface area contributed by atoms with Crippen LogP contribution in [0.5, 0.6) is 0 Å². The van der Waals surface area contributed by atoms with Crippen LogP contribution in [0.4, 0.5) is 0 Å². The minimum atomic E-state index is 0.622. The SMILES string of the molecule is CC(C)CCCC(C)n1cncc1C1CC1. The van der Waals surface area contributed by atoms with Crippen molar-refractivity contribution in [2.45, 2.75) is 64.8 Å². The highest BCUT2D eigenvalue weighted by atomic mass is 15.1. The molecule has 0 aromatic carbocycles. The summed E-state index contributed by atoms with van der Waals surface area (Å²) in [6.07, 6.45) is 10.8. The fraction of sp³-hybridized carbons (Fsp3) is 0.786. The molecule has 2 heteroatoms. The van der Waals surface area contributed by atoms with Gasteiger partial charge in [0, 0.05) is 23.9 Å². The Kier molecular flexibility index (Phi) is 3.67. The van der Waals surface area contributed by atoms with Crippen molar-refractivity contribution in [2.75, 3.05) is 0 Å². The smallest absolute Gasteiger partial charge is 0.0950 e. The summed E-state index contributed by atoms with van der Waals surface area (Å²) in [6.45, 7) is 6.93. The van der Waals surface area contributed by atoms with Crippen LogP contribution in [0.15, 0.2) is 12.5 Å². The number of rotatable bonds is 6. The standard InChI is InChI=1S/C14H24N2/c1-11(2)5-4-6-12(3)16-10-15-9-14(16)13-7-8-13/h9-13H,4-8H2,1-3H3. The van der Waals surface area contributed by atoms with Crippen LogP contribution in [-0.4, -0.2) is 9.55 Å². The van der Waals surface area contributed by atoms with Gasteiger partial charge in [-0.3, -0.25) is 0 Å². The Bertz CT molecular complexity index is 323. The number of hydrogen-bond donors (Lipinski definition) is 0. The highest BCUT2D eigenvalue weighted by molar-refractivity contribution is 5.13. The second-order valence-corrected chi connectivity index (χ2v) is 5.67. The molecule has 16 heavy (non-hydrogen) atoms. The molecule has 0 amide bonds. The third-order valence-electron chi connectivity index (χ3n) is 3.57. The van der Waals surface area contributed by atoms with Crippen molar-refractivity contribution in [3.63, 3.8) is 0 Å². The second kappa shape index (κ2) is 5.03. The molecule has 0 saturated heterocycles. The maximum Gasteiger partial charge on any atom is 0.0950 e. The summed E-state index contributed by atoms with van der Waals surface area (Å²) in [4.78, 5) is 4.31. The van der Waals surface area contributed by atoms with Crippen LogP contribution in [0.2, 0.25) is 0 Å². The molecule has 1 aliphatic carbocycles. The zero-order valence-electron chi connectivity index (χ0n) is 10.8. The average Bonchev–Trinajstić information content (AvgIpc) is 2.95. The molecule has 1 aromatic rings. The van der Waals surface area contributed by atoms with E-state index in [9.17, 15) is 0 Å². The Morgan fingerprint density at radius 1 is 1.31 bits per heavy atom. The minimum absolute atomic E-state index is 0.622. The molecule has 0 N–H and O–H groups in total. The molecule has 0 radical (unpaired) electrons. The molecule has 1 aliphatic rings. The average molecular weight is 220 g/mol. The molecule has 0 bridgehead atoms. The molecular formula is C14H24N2. The van der Waals surface area contributed by atoms with Crippen LogP contribution >= 0.6 is 0 Å². The Morgan fingerprint density at radius 3 is 2.69 bits per heavy atom. The zero-order valence-corrected chi connectivity index (χ0v) is 10.8. The maximum absolute atomic E-state index is 4.31. The van der Waals surface area contributed by atoms with E-state index in [0.29, 0.717) is 6.04 Å². The monoisotopic (exact) mass is 220 g/mol. The van der Waals surface area contributed by atoms with Gasteiger partial charge >= 0.3 is 0 Å². The van der Waals surface area contributed by atoms with E-state index in [0.717, 1.165) is 11.8 Å². The third-order valence-corrected chi connectivity index (χ3v) is 3.57. The highest BCUT2D eigenvalue weighted by Crippen LogP contribution is 2.40. The Morgan fingerprint density at radius 2 is 2.06 bits per heavy atom. The number of nitrogens with zero attached hydrogens (tertiary/aromatic N) is 2. The van der Waals surface area contributed by atoms with Crippen molar-refractivity contribution < 1.29 is 0 Å². The van der Waals surface area contributed by atoms with Crippen LogP contribution in [-0.2, 0) is 0 Å². The van der Waals surface area contributed by atoms with Crippen molar-refractivity contribution in [3.8, 4) is 0 Å². The molecule has 0 aliphatic heterocycles. The summed E-state index contributed by atoms with van der Waals surface area (Å²) in [7, 11) is 0. The molecule has 90 valence electrons. The normalized spacial score (nSPS) is 18.0. The number of aromatic nitrogens is 2. The van der Waals surface area contributed by atoms with E-state index >= 15 is 0 Å². The second-order valence-electron chi connectivity index (χ2n) is 5.67. The van der Waals surface area contributed by atoms with Crippen molar-refractivity contribution in [2.24, 2.45) is 5.92 Å². The van der Waals surface area contributed by atoms with E-state index in [-0.39, 0.29) is 0 Å². The molecule has 1 fully saturated rings. The van der Waals surface area contributed by atoms with E-state index in [1.165, 1.54) is 37.8 Å². The Hall–Kier alpha value is -0.790. The lowest BCUT2D eigenvalue weighted by atomic mass is 10.0. The largest absolute Gasteiger partial charge is 0.332 e. The maximum atomic E-state index is 4.31. The van der Waals surface area contributed by atoms with Gasteiger partial charge < -0.3 is 4.57 Å². The molecule has 2 rings (SSSR count). The van der Waals surface area contributed by atoms with Crippen molar-refractivity contribution in [1.29, 1.82) is 0 Å². The first-order chi connectivity index (χ1) is 7.68. The van der Waals surface area contributed by atoms with Gasteiger partial charge in [0.25, 0.3) is 0 Å². The predicted octanol–water partition coefficient (Wildman–Crippen LogP) is 4.15. The van der Waals surface area contributed by atoms with Crippen molar-refractivity contribution in [3.05, 3.63) is 18.2 Å². The van der Waals surface area contributed by atoms with E-state index in [4.69, 9.17) is 0 Å². The van der Waals surface area contributed by atoms with E-state index in [1.54, 1.807) is 0 Å². The van der Waals surface area contributed by atoms with E-state index in [2.05, 4.69) is 36.5 Å². The van der Waals surface area contributed by atoms with Crippen LogP contribution < -0.4 is 0 Å². The molecular weight excluding hydrogens is 196 g/mol. The Balaban J connectivity index is 1.87. The summed E-state index contributed by atoms with van der Waals surface area (Å²) >= 11 is 0. The minimum Gasteiger partial charge on any atom is -0.332 e. The molecule has 0 spiro atoms. The first kappa shape index (κ1) is 11.7. The summed E-state index contributed by atoms with van der Waals surface area (Å²) in [5.74, 6) is 1.65. The Labute approximate surface area is 99.1 Å². The number of hydrogen-bond acceptors (Lipinski definition) is 1. The summed E-state index contributed by atoms with van der Waals surface area (Å²) in [5.41, 5.74) is 1.47. The van der Waals surface area contributed by atoms with Gasteiger partial charge in [0.2, 0.25) is 0 Å². The van der Waals surface area contributed by atoms with Crippen molar-refractivity contribution in [1.82, 2.24) is 9.55 Å². The van der Waals surface area contributed by atoms with Gasteiger partial charge in [-0.15, -0.1) is 0 Å². The zero-order chi connectivity index (χ0) is 11.5. The van der Waals surface area contributed by atoms with Gasteiger partial charge in [0.05, 0.1) is 6.33 Å². The molecule has 1 unspecified atom stereocenters. The van der Waals surface area contributed by atoms with Gasteiger partial charge in [0.1, 0.15) is 0 Å². The fourth-order valence-corrected chi connectivity index (χ4v) is 2.34. The van der Waals surface area contributed by atoms with Crippen LogP contribution in [0.25, 0.3) is 0 Å². The topological polar surface area (TPSA) is 17.8 Å². The molecule has 1 heterocycles. The predicted molar refractivity (Wildman–Crippen MR) is 67.6 cm³/mol. The highest BCUT2D eigenvalue weighted by Gasteiger charge is 2.27. The van der Waals surface area contributed by atoms with E-state index < -0.39 is 0 Å². The van der Waals surface area contributed by atoms with Gasteiger partial charge in [0.15, 0.2) is 0 Å². The molecule has 1 aromatic heterocycles. The van der Waals surface area contributed by atoms with Crippen LogP contribution in [0.1, 0.15) is 70.5 Å². The third kappa shape index (κ3) is 2.87. The van der Waals surface area contributed by atoms with Crippen LogP contribution in [0, 0.1) is 5.92 Å². The lowest BCUT2D eigenvalue weighted by Crippen LogP contribution is -2.07. The summed E-state index contributed by atoms with van der Waals surface area (Å²) in [6, 6.07) is 0.622. The summed E-state index contributed by atoms with van der Waals surface area (Å²) in [5, 5.41) is 0. The van der Waals surface area contributed by atoms with Gasteiger partial charge in [-0.25, -0.2) is 4.98 Å². The van der Waals surface area contributed by atoms with Crippen LogP contribution in [0.3, 0.4) is 0 Å². The van der Waals surface area contributed by atoms with E-state index in [1.807, 2.05) is 6.33 Å². The fourth-order valence-electron chi connectivity index (χ4n) is 2.34. The lowest BCUT2D eigenvalue weighted by Gasteiger charge is -2.17. The molecule has 1 atom stereocenters.